The monoisotopic (exact) mass is 382 g/mol. The Morgan fingerprint density at radius 3 is 2.19 bits per heavy atom. The first-order chi connectivity index (χ1) is 13.3. The topological polar surface area (TPSA) is 6.48 Å². The summed E-state index contributed by atoms with van der Waals surface area (Å²) in [7, 11) is 2.27. The van der Waals surface area contributed by atoms with Gasteiger partial charge in [-0.2, -0.15) is 11.8 Å². The van der Waals surface area contributed by atoms with Gasteiger partial charge in [-0.15, -0.1) is 0 Å². The van der Waals surface area contributed by atoms with Crippen molar-refractivity contribution >= 4 is 17.4 Å². The molecule has 1 fully saturated rings. The second-order valence-electron chi connectivity index (χ2n) is 7.66. The Balaban J connectivity index is 1.43. The lowest BCUT2D eigenvalue weighted by Gasteiger charge is -2.37. The van der Waals surface area contributed by atoms with E-state index in [1.54, 1.807) is 0 Å². The fourth-order valence-corrected chi connectivity index (χ4v) is 4.92. The molecule has 2 aromatic carbocycles. The predicted molar refractivity (Wildman–Crippen MR) is 121 cm³/mol. The van der Waals surface area contributed by atoms with Crippen LogP contribution < -0.4 is 4.90 Å². The molecule has 2 aromatic rings. The molecule has 0 N–H and O–H groups in total. The van der Waals surface area contributed by atoms with Crippen LogP contribution in [-0.2, 0) is 5.75 Å². The zero-order valence-electron chi connectivity index (χ0n) is 16.7. The Morgan fingerprint density at radius 1 is 0.815 bits per heavy atom. The van der Waals surface area contributed by atoms with Crippen molar-refractivity contribution in [1.29, 1.82) is 0 Å². The lowest BCUT2D eigenvalue weighted by Crippen LogP contribution is -2.41. The van der Waals surface area contributed by atoms with Crippen molar-refractivity contribution in [2.45, 2.75) is 43.9 Å². The molecular weight excluding hydrogens is 348 g/mol. The average molecular weight is 383 g/mol. The number of thioether (sulfide) groups is 1. The molecule has 0 saturated heterocycles. The van der Waals surface area contributed by atoms with Gasteiger partial charge in [0.25, 0.3) is 0 Å². The predicted octanol–water partition coefficient (Wildman–Crippen LogP) is 5.69. The molecule has 3 rings (SSSR count). The minimum atomic E-state index is 0.724. The van der Waals surface area contributed by atoms with E-state index in [-0.39, 0.29) is 0 Å². The molecule has 146 valence electrons. The van der Waals surface area contributed by atoms with Crippen molar-refractivity contribution in [2.75, 3.05) is 37.3 Å². The van der Waals surface area contributed by atoms with Crippen molar-refractivity contribution in [3.05, 3.63) is 66.2 Å². The average Bonchev–Trinajstić information content (AvgIpc) is 2.74. The molecule has 0 radical (unpaired) electrons. The highest BCUT2D eigenvalue weighted by atomic mass is 32.2. The summed E-state index contributed by atoms with van der Waals surface area (Å²) in [5, 5.41) is 0. The van der Waals surface area contributed by atoms with Crippen molar-refractivity contribution in [1.82, 2.24) is 4.90 Å². The molecule has 1 aliphatic rings. The Morgan fingerprint density at radius 2 is 1.48 bits per heavy atom. The number of benzene rings is 2. The van der Waals surface area contributed by atoms with E-state index in [2.05, 4.69) is 77.5 Å². The van der Waals surface area contributed by atoms with Crippen LogP contribution in [-0.4, -0.2) is 43.4 Å². The highest BCUT2D eigenvalue weighted by Crippen LogP contribution is 2.27. The quantitative estimate of drug-likeness (QED) is 0.487. The maximum absolute atomic E-state index is 2.67. The van der Waals surface area contributed by atoms with Gasteiger partial charge in [0.15, 0.2) is 0 Å². The SMILES string of the molecule is CN(CCSCc1ccccc1)CCN(c1ccccc1)C1CCCCC1. The standard InChI is InChI=1S/C24H34N2S/c1-25(19-20-27-21-22-11-5-2-6-12-22)17-18-26(23-13-7-3-8-14-23)24-15-9-4-10-16-24/h2-3,5-8,11-14,24H,4,9-10,15-21H2,1H3. The summed E-state index contributed by atoms with van der Waals surface area (Å²) in [6.45, 7) is 3.43. The second-order valence-corrected chi connectivity index (χ2v) is 8.77. The summed E-state index contributed by atoms with van der Waals surface area (Å²) in [5.41, 5.74) is 2.83. The third-order valence-corrected chi connectivity index (χ3v) is 6.56. The Labute approximate surface area is 170 Å². The number of para-hydroxylation sites is 1. The van der Waals surface area contributed by atoms with Gasteiger partial charge in [0.2, 0.25) is 0 Å². The molecule has 27 heavy (non-hydrogen) atoms. The minimum Gasteiger partial charge on any atom is -0.367 e. The van der Waals surface area contributed by atoms with Gasteiger partial charge < -0.3 is 9.80 Å². The number of hydrogen-bond donors (Lipinski definition) is 0. The van der Waals surface area contributed by atoms with Gasteiger partial charge in [0.1, 0.15) is 0 Å². The largest absolute Gasteiger partial charge is 0.367 e. The van der Waals surface area contributed by atoms with Gasteiger partial charge in [0.05, 0.1) is 0 Å². The van der Waals surface area contributed by atoms with Crippen molar-refractivity contribution in [2.24, 2.45) is 0 Å². The minimum absolute atomic E-state index is 0.724. The van der Waals surface area contributed by atoms with Gasteiger partial charge in [-0.05, 0) is 37.6 Å². The maximum Gasteiger partial charge on any atom is 0.0369 e. The highest BCUT2D eigenvalue weighted by Gasteiger charge is 2.21. The van der Waals surface area contributed by atoms with Crippen LogP contribution >= 0.6 is 11.8 Å². The maximum atomic E-state index is 2.67. The smallest absolute Gasteiger partial charge is 0.0369 e. The van der Waals surface area contributed by atoms with Crippen LogP contribution in [0.4, 0.5) is 5.69 Å². The van der Waals surface area contributed by atoms with E-state index < -0.39 is 0 Å². The first kappa shape index (κ1) is 20.3. The molecule has 1 aliphatic carbocycles. The molecule has 0 heterocycles. The normalized spacial score (nSPS) is 15.2. The van der Waals surface area contributed by atoms with Crippen LogP contribution in [0.1, 0.15) is 37.7 Å². The van der Waals surface area contributed by atoms with Crippen LogP contribution in [0.2, 0.25) is 0 Å². The third kappa shape index (κ3) is 6.90. The van der Waals surface area contributed by atoms with E-state index in [4.69, 9.17) is 0 Å². The van der Waals surface area contributed by atoms with Gasteiger partial charge in [-0.1, -0.05) is 67.8 Å². The first-order valence-electron chi connectivity index (χ1n) is 10.4. The van der Waals surface area contributed by atoms with E-state index in [9.17, 15) is 0 Å². The summed E-state index contributed by atoms with van der Waals surface area (Å²) in [6.07, 6.45) is 6.90. The molecule has 1 saturated carbocycles. The van der Waals surface area contributed by atoms with Crippen molar-refractivity contribution in [3.8, 4) is 0 Å². The lowest BCUT2D eigenvalue weighted by molar-refractivity contribution is 0.342. The van der Waals surface area contributed by atoms with Gasteiger partial charge in [0, 0.05) is 42.9 Å². The molecule has 0 aromatic heterocycles. The van der Waals surface area contributed by atoms with Crippen LogP contribution in [0.3, 0.4) is 0 Å². The molecule has 3 heteroatoms. The summed E-state index contributed by atoms with van der Waals surface area (Å²) >= 11 is 2.04. The summed E-state index contributed by atoms with van der Waals surface area (Å²) in [5.74, 6) is 2.31. The molecule has 0 amide bonds. The van der Waals surface area contributed by atoms with E-state index in [1.807, 2.05) is 11.8 Å². The van der Waals surface area contributed by atoms with E-state index in [1.165, 1.54) is 49.1 Å². The zero-order chi connectivity index (χ0) is 18.7. The van der Waals surface area contributed by atoms with Crippen molar-refractivity contribution in [3.63, 3.8) is 0 Å². The molecule has 0 unspecified atom stereocenters. The molecule has 0 bridgehead atoms. The summed E-state index contributed by atoms with van der Waals surface area (Å²) < 4.78 is 0. The Hall–Kier alpha value is -1.45. The molecule has 0 atom stereocenters. The van der Waals surface area contributed by atoms with E-state index in [0.717, 1.165) is 31.4 Å². The zero-order valence-corrected chi connectivity index (χ0v) is 17.5. The van der Waals surface area contributed by atoms with Gasteiger partial charge in [-0.25, -0.2) is 0 Å². The van der Waals surface area contributed by atoms with Gasteiger partial charge in [-0.3, -0.25) is 0 Å². The van der Waals surface area contributed by atoms with Crippen LogP contribution in [0.25, 0.3) is 0 Å². The number of rotatable bonds is 10. The lowest BCUT2D eigenvalue weighted by atomic mass is 9.93. The summed E-state index contributed by atoms with van der Waals surface area (Å²) in [4.78, 5) is 5.17. The van der Waals surface area contributed by atoms with Gasteiger partial charge >= 0.3 is 0 Å². The fraction of sp³-hybridized carbons (Fsp3) is 0.500. The molecule has 0 aliphatic heterocycles. The Bertz CT molecular complexity index is 625. The number of likely N-dealkylation sites (N-methyl/N-ethyl adjacent to an activating group) is 1. The Kier molecular flexibility index (Phi) is 8.57. The fourth-order valence-electron chi connectivity index (χ4n) is 3.91. The van der Waals surface area contributed by atoms with Crippen molar-refractivity contribution < 1.29 is 0 Å². The van der Waals surface area contributed by atoms with Crippen LogP contribution in [0.5, 0.6) is 0 Å². The third-order valence-electron chi connectivity index (χ3n) is 5.55. The first-order valence-corrected chi connectivity index (χ1v) is 11.6. The summed E-state index contributed by atoms with van der Waals surface area (Å²) in [6, 6.07) is 22.6. The number of nitrogens with zero attached hydrogens (tertiary/aromatic N) is 2. The van der Waals surface area contributed by atoms with Crippen LogP contribution in [0.15, 0.2) is 60.7 Å². The highest BCUT2D eigenvalue weighted by molar-refractivity contribution is 7.98. The number of hydrogen-bond acceptors (Lipinski definition) is 3. The molecule has 0 spiro atoms. The van der Waals surface area contributed by atoms with E-state index in [0.29, 0.717) is 0 Å². The second kappa shape index (κ2) is 11.4. The van der Waals surface area contributed by atoms with E-state index >= 15 is 0 Å². The molecule has 2 nitrogen and oxygen atoms in total. The van der Waals surface area contributed by atoms with Crippen LogP contribution in [0, 0.1) is 0 Å². The number of anilines is 1. The molecular formula is C24H34N2S.